The summed E-state index contributed by atoms with van der Waals surface area (Å²) in [7, 11) is 0. The predicted molar refractivity (Wildman–Crippen MR) is 68.8 cm³/mol. The first kappa shape index (κ1) is 11.0. The largest absolute Gasteiger partial charge is 0.351 e. The Labute approximate surface area is 103 Å². The Bertz CT molecular complexity index is 387. The lowest BCUT2D eigenvalue weighted by molar-refractivity contribution is 0.303. The number of fused-ring (bicyclic) bond motifs is 2. The zero-order chi connectivity index (χ0) is 11.8. The van der Waals surface area contributed by atoms with Crippen molar-refractivity contribution in [2.75, 3.05) is 5.32 Å². The molecule has 3 heteroatoms. The smallest absolute Gasteiger partial charge is 0.222 e. The van der Waals surface area contributed by atoms with Gasteiger partial charge in [-0.1, -0.05) is 6.42 Å². The van der Waals surface area contributed by atoms with Gasteiger partial charge in [-0.25, -0.2) is 9.97 Å². The number of aryl methyl sites for hydroxylation is 1. The van der Waals surface area contributed by atoms with Gasteiger partial charge in [0.25, 0.3) is 0 Å². The van der Waals surface area contributed by atoms with Crippen LogP contribution in [0.3, 0.4) is 0 Å². The van der Waals surface area contributed by atoms with Crippen LogP contribution < -0.4 is 5.32 Å². The molecule has 3 nitrogen and oxygen atoms in total. The van der Waals surface area contributed by atoms with Crippen molar-refractivity contribution < 1.29 is 0 Å². The summed E-state index contributed by atoms with van der Waals surface area (Å²) in [4.78, 5) is 8.66. The maximum atomic E-state index is 4.33. The minimum absolute atomic E-state index is 0.507. The number of nitrogens with zero attached hydrogens (tertiary/aromatic N) is 2. The summed E-state index contributed by atoms with van der Waals surface area (Å²) in [5, 5.41) is 3.47. The Balaban J connectivity index is 1.63. The molecule has 2 aliphatic rings. The van der Waals surface area contributed by atoms with Crippen LogP contribution in [0.4, 0.5) is 5.95 Å². The van der Waals surface area contributed by atoms with Crippen molar-refractivity contribution in [3.63, 3.8) is 0 Å². The highest BCUT2D eigenvalue weighted by Crippen LogP contribution is 2.49. The lowest BCUT2D eigenvalue weighted by Gasteiger charge is -2.28. The van der Waals surface area contributed by atoms with Crippen LogP contribution in [0.2, 0.25) is 0 Å². The number of anilines is 1. The molecule has 4 unspecified atom stereocenters. The van der Waals surface area contributed by atoms with Crippen molar-refractivity contribution in [1.29, 1.82) is 0 Å². The van der Waals surface area contributed by atoms with Crippen molar-refractivity contribution in [2.45, 2.75) is 45.6 Å². The van der Waals surface area contributed by atoms with E-state index in [1.54, 1.807) is 0 Å². The van der Waals surface area contributed by atoms with Crippen LogP contribution in [0.5, 0.6) is 0 Å². The monoisotopic (exact) mass is 231 g/mol. The quantitative estimate of drug-likeness (QED) is 0.869. The SMILES string of the molecule is Cc1cnc(NC(C)C2CC3CCC2C3)nc1. The molecule has 2 saturated carbocycles. The van der Waals surface area contributed by atoms with Crippen LogP contribution in [0.25, 0.3) is 0 Å². The van der Waals surface area contributed by atoms with Gasteiger partial charge in [0, 0.05) is 18.4 Å². The highest BCUT2D eigenvalue weighted by Gasteiger charge is 2.41. The lowest BCUT2D eigenvalue weighted by atomic mass is 9.84. The molecule has 2 aliphatic carbocycles. The molecule has 92 valence electrons. The average Bonchev–Trinajstić information content (AvgIpc) is 2.94. The first-order chi connectivity index (χ1) is 8.22. The second-order valence-corrected chi connectivity index (χ2v) is 5.86. The van der Waals surface area contributed by atoms with E-state index in [-0.39, 0.29) is 0 Å². The second-order valence-electron chi connectivity index (χ2n) is 5.86. The molecule has 0 aromatic carbocycles. The van der Waals surface area contributed by atoms with Gasteiger partial charge >= 0.3 is 0 Å². The van der Waals surface area contributed by atoms with Gasteiger partial charge in [-0.3, -0.25) is 0 Å². The summed E-state index contributed by atoms with van der Waals surface area (Å²) >= 11 is 0. The fourth-order valence-corrected chi connectivity index (χ4v) is 3.68. The van der Waals surface area contributed by atoms with Crippen LogP contribution in [0, 0.1) is 24.7 Å². The Hall–Kier alpha value is -1.12. The van der Waals surface area contributed by atoms with Crippen LogP contribution in [-0.4, -0.2) is 16.0 Å². The molecule has 0 spiro atoms. The Morgan fingerprint density at radius 2 is 2.00 bits per heavy atom. The van der Waals surface area contributed by atoms with Crippen molar-refractivity contribution in [3.05, 3.63) is 18.0 Å². The number of hydrogen-bond acceptors (Lipinski definition) is 3. The zero-order valence-corrected chi connectivity index (χ0v) is 10.7. The Morgan fingerprint density at radius 1 is 1.24 bits per heavy atom. The average molecular weight is 231 g/mol. The molecule has 1 N–H and O–H groups in total. The summed E-state index contributed by atoms with van der Waals surface area (Å²) in [6, 6.07) is 0.507. The van der Waals surface area contributed by atoms with Gasteiger partial charge in [0.05, 0.1) is 0 Å². The first-order valence-corrected chi connectivity index (χ1v) is 6.77. The number of hydrogen-bond donors (Lipinski definition) is 1. The second kappa shape index (κ2) is 4.28. The van der Waals surface area contributed by atoms with Crippen LogP contribution in [-0.2, 0) is 0 Å². The van der Waals surface area contributed by atoms with Gasteiger partial charge in [-0.2, -0.15) is 0 Å². The summed E-state index contributed by atoms with van der Waals surface area (Å²) < 4.78 is 0. The molecule has 2 bridgehead atoms. The molecule has 2 fully saturated rings. The summed E-state index contributed by atoms with van der Waals surface area (Å²) in [6.07, 6.45) is 9.53. The first-order valence-electron chi connectivity index (χ1n) is 6.77. The van der Waals surface area contributed by atoms with E-state index in [4.69, 9.17) is 0 Å². The van der Waals surface area contributed by atoms with Gasteiger partial charge in [-0.05, 0) is 56.4 Å². The summed E-state index contributed by atoms with van der Waals surface area (Å²) in [5.41, 5.74) is 1.11. The molecule has 17 heavy (non-hydrogen) atoms. The minimum atomic E-state index is 0.507. The number of rotatable bonds is 3. The molecule has 1 heterocycles. The van der Waals surface area contributed by atoms with Gasteiger partial charge in [0.1, 0.15) is 0 Å². The molecular formula is C14H21N3. The van der Waals surface area contributed by atoms with E-state index >= 15 is 0 Å². The van der Waals surface area contributed by atoms with E-state index < -0.39 is 0 Å². The van der Waals surface area contributed by atoms with Gasteiger partial charge in [0.15, 0.2) is 0 Å². The van der Waals surface area contributed by atoms with Crippen molar-refractivity contribution in [3.8, 4) is 0 Å². The van der Waals surface area contributed by atoms with Crippen LogP contribution in [0.15, 0.2) is 12.4 Å². The van der Waals surface area contributed by atoms with E-state index in [9.17, 15) is 0 Å². The third-order valence-electron chi connectivity index (χ3n) is 4.57. The molecule has 3 rings (SSSR count). The Morgan fingerprint density at radius 3 is 2.59 bits per heavy atom. The standard InChI is InChI=1S/C14H21N3/c1-9-7-15-14(16-8-9)17-10(2)13-6-11-3-4-12(13)5-11/h7-8,10-13H,3-6H2,1-2H3,(H,15,16,17). The normalized spacial score (nSPS) is 32.7. The van der Waals surface area contributed by atoms with Gasteiger partial charge in [-0.15, -0.1) is 0 Å². The molecular weight excluding hydrogens is 210 g/mol. The van der Waals surface area contributed by atoms with Crippen molar-refractivity contribution in [1.82, 2.24) is 9.97 Å². The summed E-state index contributed by atoms with van der Waals surface area (Å²) in [5.74, 6) is 3.57. The van der Waals surface area contributed by atoms with Crippen molar-refractivity contribution in [2.24, 2.45) is 17.8 Å². The van der Waals surface area contributed by atoms with E-state index in [1.807, 2.05) is 19.3 Å². The van der Waals surface area contributed by atoms with E-state index in [2.05, 4.69) is 22.2 Å². The number of nitrogens with one attached hydrogen (secondary N) is 1. The molecule has 1 aromatic rings. The predicted octanol–water partition coefficient (Wildman–Crippen LogP) is 3.02. The van der Waals surface area contributed by atoms with Crippen LogP contribution in [0.1, 0.15) is 38.2 Å². The lowest BCUT2D eigenvalue weighted by Crippen LogP contribution is -2.30. The van der Waals surface area contributed by atoms with Crippen LogP contribution >= 0.6 is 0 Å². The molecule has 4 atom stereocenters. The number of aromatic nitrogens is 2. The van der Waals surface area contributed by atoms with Gasteiger partial charge < -0.3 is 5.32 Å². The van der Waals surface area contributed by atoms with E-state index in [1.165, 1.54) is 25.7 Å². The van der Waals surface area contributed by atoms with E-state index in [0.717, 1.165) is 29.3 Å². The molecule has 1 aromatic heterocycles. The molecule has 0 saturated heterocycles. The van der Waals surface area contributed by atoms with Crippen molar-refractivity contribution >= 4 is 5.95 Å². The maximum Gasteiger partial charge on any atom is 0.222 e. The molecule has 0 aliphatic heterocycles. The highest BCUT2D eigenvalue weighted by molar-refractivity contribution is 5.26. The minimum Gasteiger partial charge on any atom is -0.351 e. The fraction of sp³-hybridized carbons (Fsp3) is 0.714. The fourth-order valence-electron chi connectivity index (χ4n) is 3.68. The topological polar surface area (TPSA) is 37.8 Å². The molecule has 0 amide bonds. The van der Waals surface area contributed by atoms with Gasteiger partial charge in [0.2, 0.25) is 5.95 Å². The third kappa shape index (κ3) is 2.15. The molecule has 0 radical (unpaired) electrons. The third-order valence-corrected chi connectivity index (χ3v) is 4.57. The summed E-state index contributed by atoms with van der Waals surface area (Å²) in [6.45, 7) is 4.30. The van der Waals surface area contributed by atoms with E-state index in [0.29, 0.717) is 6.04 Å². The zero-order valence-electron chi connectivity index (χ0n) is 10.7. The highest BCUT2D eigenvalue weighted by atomic mass is 15.1. The maximum absolute atomic E-state index is 4.33. The Kier molecular flexibility index (Phi) is 2.77.